The summed E-state index contributed by atoms with van der Waals surface area (Å²) in [5, 5.41) is 9.28. The highest BCUT2D eigenvalue weighted by Crippen LogP contribution is 2.36. The van der Waals surface area contributed by atoms with E-state index < -0.39 is 0 Å². The number of likely N-dealkylation sites (tertiary alicyclic amines) is 1. The van der Waals surface area contributed by atoms with Crippen LogP contribution in [0.25, 0.3) is 0 Å². The van der Waals surface area contributed by atoms with Crippen molar-refractivity contribution in [3.05, 3.63) is 77.4 Å². The van der Waals surface area contributed by atoms with E-state index in [1.807, 2.05) is 48.5 Å². The number of rotatable bonds is 14. The third-order valence-electron chi connectivity index (χ3n) is 8.80. The van der Waals surface area contributed by atoms with Gasteiger partial charge in [-0.05, 0) is 86.2 Å². The van der Waals surface area contributed by atoms with Gasteiger partial charge in [-0.15, -0.1) is 0 Å². The summed E-state index contributed by atoms with van der Waals surface area (Å²) in [4.78, 5) is 5.37. The number of nitriles is 1. The van der Waals surface area contributed by atoms with Gasteiger partial charge >= 0.3 is 0 Å². The highest BCUT2D eigenvalue weighted by Gasteiger charge is 2.39. The molecule has 0 radical (unpaired) electrons. The Hall–Kier alpha value is -3.93. The maximum atomic E-state index is 9.28. The van der Waals surface area contributed by atoms with Gasteiger partial charge in [0.15, 0.2) is 23.0 Å². The molecular weight excluding hydrogens is 542 g/mol. The van der Waals surface area contributed by atoms with Gasteiger partial charge in [-0.1, -0.05) is 18.2 Å². The van der Waals surface area contributed by atoms with Crippen LogP contribution in [0, 0.1) is 11.3 Å². The Bertz CT molecular complexity index is 1380. The molecule has 8 nitrogen and oxygen atoms in total. The topological polar surface area (TPSA) is 76.4 Å². The first-order valence-electron chi connectivity index (χ1n) is 15.1. The largest absolute Gasteiger partial charge is 0.493 e. The van der Waals surface area contributed by atoms with E-state index in [4.69, 9.17) is 23.7 Å². The first kappa shape index (κ1) is 30.5. The Morgan fingerprint density at radius 2 is 1.40 bits per heavy atom. The van der Waals surface area contributed by atoms with Gasteiger partial charge in [0.2, 0.25) is 0 Å². The molecule has 0 aromatic heterocycles. The molecule has 0 aliphatic carbocycles. The number of methoxy groups -OCH3 is 4. The minimum absolute atomic E-state index is 0.133. The Kier molecular flexibility index (Phi) is 10.3. The summed E-state index contributed by atoms with van der Waals surface area (Å²) in [7, 11) is 6.62. The maximum Gasteiger partial charge on any atom is 0.164 e. The standard InChI is InChI=1S/C35H43N3O5/c1-39-32-15-9-25(20-34(32)41-3)17-19-37-23-28-12-13-29(24-37)38(28)18-5-6-31(27-10-7-26(22-36)8-11-27)43-30-14-16-33(40-2)35(21-30)42-4/h7-11,14-16,20-21,28-29,31H,5-6,12-13,17-19,23-24H2,1-4H3. The lowest BCUT2D eigenvalue weighted by molar-refractivity contribution is 0.0629. The van der Waals surface area contributed by atoms with Crippen LogP contribution in [0.2, 0.25) is 0 Å². The molecule has 228 valence electrons. The maximum absolute atomic E-state index is 9.28. The molecule has 2 saturated heterocycles. The van der Waals surface area contributed by atoms with Gasteiger partial charge in [-0.2, -0.15) is 5.26 Å². The molecule has 2 aliphatic rings. The number of fused-ring (bicyclic) bond motifs is 2. The van der Waals surface area contributed by atoms with E-state index in [9.17, 15) is 5.26 Å². The molecule has 3 aromatic carbocycles. The highest BCUT2D eigenvalue weighted by molar-refractivity contribution is 5.46. The van der Waals surface area contributed by atoms with Gasteiger partial charge in [-0.3, -0.25) is 9.80 Å². The zero-order valence-corrected chi connectivity index (χ0v) is 25.8. The summed E-state index contributed by atoms with van der Waals surface area (Å²) in [6, 6.07) is 23.0. The second kappa shape index (κ2) is 14.5. The molecule has 2 aliphatic heterocycles. The summed E-state index contributed by atoms with van der Waals surface area (Å²) in [6.07, 6.45) is 5.29. The van der Waals surface area contributed by atoms with E-state index in [-0.39, 0.29) is 6.10 Å². The van der Waals surface area contributed by atoms with Crippen molar-refractivity contribution >= 4 is 0 Å². The number of hydrogen-bond donors (Lipinski definition) is 0. The van der Waals surface area contributed by atoms with Crippen molar-refractivity contribution in [3.8, 4) is 34.8 Å². The smallest absolute Gasteiger partial charge is 0.164 e. The normalized spacial score (nSPS) is 19.0. The van der Waals surface area contributed by atoms with E-state index >= 15 is 0 Å². The highest BCUT2D eigenvalue weighted by atomic mass is 16.5. The van der Waals surface area contributed by atoms with Crippen molar-refractivity contribution in [1.29, 1.82) is 5.26 Å². The van der Waals surface area contributed by atoms with Crippen molar-refractivity contribution in [2.24, 2.45) is 0 Å². The van der Waals surface area contributed by atoms with Gasteiger partial charge in [0.1, 0.15) is 11.9 Å². The minimum atomic E-state index is -0.133. The summed E-state index contributed by atoms with van der Waals surface area (Å²) in [6.45, 7) is 4.34. The summed E-state index contributed by atoms with van der Waals surface area (Å²) in [5.41, 5.74) is 2.99. The number of ether oxygens (including phenoxy) is 5. The lowest BCUT2D eigenvalue weighted by Gasteiger charge is -2.41. The number of benzene rings is 3. The summed E-state index contributed by atoms with van der Waals surface area (Å²) in [5.74, 6) is 3.60. The van der Waals surface area contributed by atoms with Crippen LogP contribution in [0.4, 0.5) is 0 Å². The Morgan fingerprint density at radius 3 is 2.02 bits per heavy atom. The molecular formula is C35H43N3O5. The number of nitrogens with zero attached hydrogens (tertiary/aromatic N) is 3. The van der Waals surface area contributed by atoms with E-state index in [1.165, 1.54) is 18.4 Å². The van der Waals surface area contributed by atoms with Gasteiger partial charge in [0.05, 0.1) is 40.1 Å². The van der Waals surface area contributed by atoms with Gasteiger partial charge in [0.25, 0.3) is 0 Å². The van der Waals surface area contributed by atoms with E-state index in [1.54, 1.807) is 28.4 Å². The van der Waals surface area contributed by atoms with Gasteiger partial charge in [0, 0.05) is 37.8 Å². The molecule has 0 amide bonds. The number of hydrogen-bond acceptors (Lipinski definition) is 8. The van der Waals surface area contributed by atoms with Crippen LogP contribution >= 0.6 is 0 Å². The van der Waals surface area contributed by atoms with Crippen molar-refractivity contribution in [3.63, 3.8) is 0 Å². The van der Waals surface area contributed by atoms with Gasteiger partial charge in [-0.25, -0.2) is 0 Å². The van der Waals surface area contributed by atoms with Crippen molar-refractivity contribution in [2.45, 2.75) is 50.3 Å². The van der Waals surface area contributed by atoms with Crippen LogP contribution in [-0.2, 0) is 6.42 Å². The van der Waals surface area contributed by atoms with E-state index in [0.717, 1.165) is 68.3 Å². The monoisotopic (exact) mass is 585 g/mol. The molecule has 8 heteroatoms. The van der Waals surface area contributed by atoms with Crippen molar-refractivity contribution in [2.75, 3.05) is 54.6 Å². The van der Waals surface area contributed by atoms with Crippen molar-refractivity contribution < 1.29 is 23.7 Å². The fraction of sp³-hybridized carbons (Fsp3) is 0.457. The third kappa shape index (κ3) is 7.35. The predicted octanol–water partition coefficient (Wildman–Crippen LogP) is 5.88. The first-order chi connectivity index (χ1) is 21.0. The van der Waals surface area contributed by atoms with Crippen molar-refractivity contribution in [1.82, 2.24) is 9.80 Å². The fourth-order valence-corrected chi connectivity index (χ4v) is 6.53. The summed E-state index contributed by atoms with van der Waals surface area (Å²) < 4.78 is 28.3. The average Bonchev–Trinajstić information content (AvgIpc) is 3.29. The fourth-order valence-electron chi connectivity index (χ4n) is 6.53. The predicted molar refractivity (Wildman–Crippen MR) is 167 cm³/mol. The van der Waals surface area contributed by atoms with Crippen LogP contribution in [0.15, 0.2) is 60.7 Å². The Labute approximate surface area is 255 Å². The Balaban J connectivity index is 1.18. The molecule has 0 N–H and O–H groups in total. The van der Waals surface area contributed by atoms with E-state index in [2.05, 4.69) is 28.0 Å². The lowest BCUT2D eigenvalue weighted by atomic mass is 10.0. The van der Waals surface area contributed by atoms with Crippen LogP contribution in [-0.4, -0.2) is 76.5 Å². The SMILES string of the molecule is COc1ccc(CCN2CC3CCC(C2)N3CCCC(Oc2ccc(OC)c(OC)c2)c2ccc(C#N)cc2)cc1OC. The van der Waals surface area contributed by atoms with Crippen LogP contribution in [0.5, 0.6) is 28.7 Å². The molecule has 0 saturated carbocycles. The number of piperazine rings is 1. The molecule has 43 heavy (non-hydrogen) atoms. The second-order valence-corrected chi connectivity index (χ2v) is 11.3. The average molecular weight is 586 g/mol. The minimum Gasteiger partial charge on any atom is -0.493 e. The zero-order chi connectivity index (χ0) is 30.2. The quantitative estimate of drug-likeness (QED) is 0.232. The molecule has 5 rings (SSSR count). The molecule has 3 atom stereocenters. The molecule has 3 unspecified atom stereocenters. The van der Waals surface area contributed by atoms with Crippen LogP contribution in [0.1, 0.15) is 48.5 Å². The molecule has 2 heterocycles. The first-order valence-corrected chi connectivity index (χ1v) is 15.1. The molecule has 3 aromatic rings. The summed E-state index contributed by atoms with van der Waals surface area (Å²) >= 11 is 0. The second-order valence-electron chi connectivity index (χ2n) is 11.3. The van der Waals surface area contributed by atoms with Crippen LogP contribution < -0.4 is 23.7 Å². The van der Waals surface area contributed by atoms with Gasteiger partial charge < -0.3 is 23.7 Å². The third-order valence-corrected chi connectivity index (χ3v) is 8.80. The Morgan fingerprint density at radius 1 is 0.767 bits per heavy atom. The molecule has 2 fully saturated rings. The molecule has 2 bridgehead atoms. The lowest BCUT2D eigenvalue weighted by Crippen LogP contribution is -2.54. The van der Waals surface area contributed by atoms with E-state index in [0.29, 0.717) is 29.1 Å². The zero-order valence-electron chi connectivity index (χ0n) is 25.8. The van der Waals surface area contributed by atoms with Crippen LogP contribution in [0.3, 0.4) is 0 Å². The molecule has 0 spiro atoms.